The fourth-order valence-electron chi connectivity index (χ4n) is 3.74. The average Bonchev–Trinajstić information content (AvgIpc) is 2.84. The van der Waals surface area contributed by atoms with E-state index in [1.165, 1.54) is 4.90 Å². The zero-order valence-corrected chi connectivity index (χ0v) is 20.5. The molecule has 0 radical (unpaired) electrons. The highest BCUT2D eigenvalue weighted by Gasteiger charge is 2.32. The van der Waals surface area contributed by atoms with Crippen molar-refractivity contribution in [3.63, 3.8) is 0 Å². The molecule has 1 N–H and O–H groups in total. The van der Waals surface area contributed by atoms with Crippen LogP contribution in [-0.2, 0) is 25.6 Å². The number of pyridine rings is 1. The summed E-state index contributed by atoms with van der Waals surface area (Å²) in [6, 6.07) is 6.84. The van der Waals surface area contributed by atoms with Gasteiger partial charge in [0.1, 0.15) is 24.0 Å². The molecule has 1 aromatic heterocycles. The van der Waals surface area contributed by atoms with Gasteiger partial charge in [-0.1, -0.05) is 29.3 Å². The molecule has 2 aromatic rings. The molecule has 4 rings (SSSR count). The van der Waals surface area contributed by atoms with Crippen LogP contribution in [0, 0.1) is 0 Å². The molecule has 180 valence electrons. The minimum absolute atomic E-state index is 0.0325. The summed E-state index contributed by atoms with van der Waals surface area (Å²) in [4.78, 5) is 31.1. The van der Waals surface area contributed by atoms with Crippen molar-refractivity contribution in [3.8, 4) is 5.75 Å². The van der Waals surface area contributed by atoms with Gasteiger partial charge in [0.05, 0.1) is 41.8 Å². The van der Waals surface area contributed by atoms with Crippen LogP contribution >= 0.6 is 35.8 Å². The third-order valence-corrected chi connectivity index (χ3v) is 6.49. The summed E-state index contributed by atoms with van der Waals surface area (Å²) in [5.74, 6) is 0.0940. The number of rotatable bonds is 8. The number of ether oxygens (including phenoxy) is 3. The number of nitrogens with zero attached hydrogens (tertiary/aromatic N) is 2. The Hall–Kier alpha value is -2.30. The number of nitrogens with one attached hydrogen (secondary N) is 1. The molecule has 0 spiro atoms. The molecule has 1 amide bonds. The van der Waals surface area contributed by atoms with Gasteiger partial charge in [0, 0.05) is 37.0 Å². The third kappa shape index (κ3) is 5.67. The van der Waals surface area contributed by atoms with Crippen molar-refractivity contribution in [2.75, 3.05) is 37.9 Å². The molecule has 1 atom stereocenters. The number of aromatic nitrogens is 1. The topological polar surface area (TPSA) is 90.0 Å². The molecule has 1 unspecified atom stereocenters. The van der Waals surface area contributed by atoms with Crippen LogP contribution in [0.2, 0.25) is 10.0 Å². The first-order valence-corrected chi connectivity index (χ1v) is 11.9. The predicted molar refractivity (Wildman–Crippen MR) is 132 cm³/mol. The second-order valence-electron chi connectivity index (χ2n) is 7.65. The van der Waals surface area contributed by atoms with Crippen molar-refractivity contribution in [2.24, 2.45) is 0 Å². The zero-order valence-electron chi connectivity index (χ0n) is 18.1. The number of hydrogen-bond donors (Lipinski definition) is 2. The summed E-state index contributed by atoms with van der Waals surface area (Å²) in [5.41, 5.74) is 1.74. The lowest BCUT2D eigenvalue weighted by atomic mass is 10.0. The van der Waals surface area contributed by atoms with E-state index in [-0.39, 0.29) is 16.7 Å². The standard InChI is InChI=1S/C23H23Cl2N3O5S/c24-16-2-1-3-18(21(16)25)28-7-5-17(20(22(28)29)23(30)34)27-10-14-4-6-26-11-19(14)33-13-15-12-31-8-9-32-15/h1-4,6,11,15,27H,5,7-10,12-13H2,(H,30,34). The number of anilines is 1. The fourth-order valence-corrected chi connectivity index (χ4v) is 4.37. The molecule has 2 aliphatic rings. The Morgan fingerprint density at radius 2 is 2.15 bits per heavy atom. The minimum Gasteiger partial charge on any atom is -0.489 e. The highest BCUT2D eigenvalue weighted by Crippen LogP contribution is 2.35. The monoisotopic (exact) mass is 523 g/mol. The van der Waals surface area contributed by atoms with E-state index in [9.17, 15) is 9.59 Å². The second-order valence-corrected chi connectivity index (χ2v) is 8.85. The molecule has 0 aliphatic carbocycles. The lowest BCUT2D eigenvalue weighted by Crippen LogP contribution is -2.41. The third-order valence-electron chi connectivity index (χ3n) is 5.45. The zero-order chi connectivity index (χ0) is 24.1. The number of amides is 1. The molecule has 3 heterocycles. The Labute approximate surface area is 212 Å². The Bertz CT molecular complexity index is 1110. The number of benzene rings is 1. The molecule has 0 saturated carbocycles. The average molecular weight is 524 g/mol. The van der Waals surface area contributed by atoms with Crippen molar-refractivity contribution in [2.45, 2.75) is 19.1 Å². The van der Waals surface area contributed by atoms with Gasteiger partial charge in [-0.2, -0.15) is 0 Å². The molecule has 1 saturated heterocycles. The molecule has 34 heavy (non-hydrogen) atoms. The van der Waals surface area contributed by atoms with Gasteiger partial charge in [0.2, 0.25) is 5.12 Å². The van der Waals surface area contributed by atoms with Gasteiger partial charge in [-0.3, -0.25) is 14.6 Å². The minimum atomic E-state index is -0.629. The van der Waals surface area contributed by atoms with E-state index in [0.717, 1.165) is 5.56 Å². The number of halogens is 2. The summed E-state index contributed by atoms with van der Waals surface area (Å²) < 4.78 is 16.9. The van der Waals surface area contributed by atoms with Crippen LogP contribution in [0.1, 0.15) is 12.0 Å². The maximum Gasteiger partial charge on any atom is 0.264 e. The van der Waals surface area contributed by atoms with E-state index in [2.05, 4.69) is 22.9 Å². The number of carbonyl (C=O) groups is 2. The molecular formula is C23H23Cl2N3O5S. The SMILES string of the molecule is O=C(S)C1=C(NCc2ccncc2OCC2COCCO2)CCN(c2cccc(Cl)c2Cl)C1=O. The van der Waals surface area contributed by atoms with Gasteiger partial charge >= 0.3 is 0 Å². The van der Waals surface area contributed by atoms with Crippen LogP contribution in [0.4, 0.5) is 5.69 Å². The van der Waals surface area contributed by atoms with Gasteiger partial charge in [-0.05, 0) is 18.2 Å². The number of thiol groups is 1. The highest BCUT2D eigenvalue weighted by molar-refractivity contribution is 7.97. The van der Waals surface area contributed by atoms with E-state index in [1.54, 1.807) is 30.6 Å². The summed E-state index contributed by atoms with van der Waals surface area (Å²) in [5, 5.41) is 3.17. The molecule has 2 aliphatic heterocycles. The maximum absolute atomic E-state index is 13.2. The molecule has 1 aromatic carbocycles. The lowest BCUT2D eigenvalue weighted by Gasteiger charge is -2.31. The first-order valence-electron chi connectivity index (χ1n) is 10.7. The van der Waals surface area contributed by atoms with Gasteiger partial charge in [0.25, 0.3) is 5.91 Å². The normalized spacial score (nSPS) is 18.7. The molecule has 0 bridgehead atoms. The molecule has 8 nitrogen and oxygen atoms in total. The first-order chi connectivity index (χ1) is 16.5. The van der Waals surface area contributed by atoms with Gasteiger partial charge < -0.3 is 24.4 Å². The van der Waals surface area contributed by atoms with Crippen LogP contribution in [0.5, 0.6) is 5.75 Å². The van der Waals surface area contributed by atoms with Gasteiger partial charge in [0.15, 0.2) is 0 Å². The van der Waals surface area contributed by atoms with Crippen molar-refractivity contribution in [1.82, 2.24) is 10.3 Å². The number of hydrogen-bond acceptors (Lipinski definition) is 7. The quantitative estimate of drug-likeness (QED) is 0.404. The summed E-state index contributed by atoms with van der Waals surface area (Å²) in [7, 11) is 0. The fraction of sp³-hybridized carbons (Fsp3) is 0.348. The van der Waals surface area contributed by atoms with E-state index < -0.39 is 11.0 Å². The van der Waals surface area contributed by atoms with Crippen LogP contribution in [-0.4, -0.2) is 55.1 Å². The van der Waals surface area contributed by atoms with Crippen LogP contribution in [0.3, 0.4) is 0 Å². The summed E-state index contributed by atoms with van der Waals surface area (Å²) >= 11 is 16.4. The smallest absolute Gasteiger partial charge is 0.264 e. The molecule has 11 heteroatoms. The van der Waals surface area contributed by atoms with Crippen LogP contribution in [0.15, 0.2) is 47.9 Å². The largest absolute Gasteiger partial charge is 0.489 e. The van der Waals surface area contributed by atoms with Crippen molar-refractivity contribution in [1.29, 1.82) is 0 Å². The van der Waals surface area contributed by atoms with Gasteiger partial charge in [-0.25, -0.2) is 0 Å². The Kier molecular flexibility index (Phi) is 8.33. The Balaban J connectivity index is 1.49. The maximum atomic E-state index is 13.2. The van der Waals surface area contributed by atoms with E-state index in [1.807, 2.05) is 6.07 Å². The van der Waals surface area contributed by atoms with E-state index in [4.69, 9.17) is 37.4 Å². The summed E-state index contributed by atoms with van der Waals surface area (Å²) in [6.45, 7) is 2.57. The first kappa shape index (κ1) is 24.8. The van der Waals surface area contributed by atoms with Crippen LogP contribution in [0.25, 0.3) is 0 Å². The van der Waals surface area contributed by atoms with Gasteiger partial charge in [-0.15, -0.1) is 12.6 Å². The van der Waals surface area contributed by atoms with Crippen molar-refractivity contribution < 1.29 is 23.8 Å². The second kappa shape index (κ2) is 11.4. The highest BCUT2D eigenvalue weighted by atomic mass is 35.5. The molecule has 1 fully saturated rings. The van der Waals surface area contributed by atoms with E-state index in [0.29, 0.717) is 68.1 Å². The van der Waals surface area contributed by atoms with Crippen molar-refractivity contribution in [3.05, 3.63) is 63.5 Å². The number of carbonyl (C=O) groups excluding carboxylic acids is 2. The summed E-state index contributed by atoms with van der Waals surface area (Å²) in [6.07, 6.45) is 3.53. The Morgan fingerprint density at radius 1 is 1.29 bits per heavy atom. The Morgan fingerprint density at radius 3 is 2.91 bits per heavy atom. The molecular weight excluding hydrogens is 501 g/mol. The van der Waals surface area contributed by atoms with Crippen molar-refractivity contribution >= 4 is 52.5 Å². The lowest BCUT2D eigenvalue weighted by molar-refractivity contribution is -0.118. The predicted octanol–water partition coefficient (Wildman–Crippen LogP) is 3.42. The van der Waals surface area contributed by atoms with E-state index >= 15 is 0 Å². The van der Waals surface area contributed by atoms with Crippen LogP contribution < -0.4 is 15.0 Å².